The molecular weight excluding hydrogens is 424 g/mol. The second kappa shape index (κ2) is 7.46. The van der Waals surface area contributed by atoms with Gasteiger partial charge in [-0.2, -0.15) is 0 Å². The number of nitrogens with zero attached hydrogens (tertiary/aromatic N) is 1. The van der Waals surface area contributed by atoms with Crippen molar-refractivity contribution in [1.29, 1.82) is 0 Å². The Morgan fingerprint density at radius 2 is 1.52 bits per heavy atom. The summed E-state index contributed by atoms with van der Waals surface area (Å²) in [6.45, 7) is 0. The molecule has 7 rings (SSSR count). The molecule has 0 spiro atoms. The first-order valence-electron chi connectivity index (χ1n) is 11.2. The molecule has 5 heteroatoms. The molecule has 0 aliphatic heterocycles. The predicted octanol–water partition coefficient (Wildman–Crippen LogP) is 7.29. The Hall–Kier alpha value is -2.17. The number of amides is 1. The van der Waals surface area contributed by atoms with Gasteiger partial charge in [0, 0.05) is 10.6 Å². The highest BCUT2D eigenvalue weighted by Crippen LogP contribution is 2.60. The summed E-state index contributed by atoms with van der Waals surface area (Å²) in [5.41, 5.74) is 2.86. The van der Waals surface area contributed by atoms with E-state index in [4.69, 9.17) is 16.6 Å². The molecule has 2 aromatic carbocycles. The lowest BCUT2D eigenvalue weighted by Crippen LogP contribution is -2.51. The molecule has 0 radical (unpaired) electrons. The van der Waals surface area contributed by atoms with Crippen LogP contribution in [-0.4, -0.2) is 10.9 Å². The number of carbonyl (C=O) groups is 1. The lowest BCUT2D eigenvalue weighted by molar-refractivity contribution is -0.140. The molecular formula is C26H25ClN2OS. The highest BCUT2D eigenvalue weighted by Gasteiger charge is 2.54. The van der Waals surface area contributed by atoms with Crippen molar-refractivity contribution in [1.82, 2.24) is 4.98 Å². The highest BCUT2D eigenvalue weighted by molar-refractivity contribution is 7.19. The first-order valence-corrected chi connectivity index (χ1v) is 12.4. The zero-order chi connectivity index (χ0) is 21.0. The maximum atomic E-state index is 13.5. The third-order valence-electron chi connectivity index (χ3n) is 7.52. The number of benzene rings is 2. The van der Waals surface area contributed by atoms with Crippen molar-refractivity contribution >= 4 is 34.0 Å². The molecule has 0 atom stereocenters. The van der Waals surface area contributed by atoms with E-state index in [1.165, 1.54) is 19.3 Å². The van der Waals surface area contributed by atoms with E-state index in [1.807, 2.05) is 42.5 Å². The standard InChI is InChI=1S/C26H25ClN2OS/c27-21-8-6-20(7-9-21)23-22(19-4-2-1-3-5-19)28-25(31-23)29-24(30)26-13-16-10-17(14-26)12-18(11-16)15-26/h1-9,16-18H,10-15H2,(H,28,29,30). The van der Waals surface area contributed by atoms with Crippen LogP contribution >= 0.6 is 22.9 Å². The molecule has 0 saturated heterocycles. The molecule has 4 aliphatic rings. The molecule has 1 heterocycles. The Morgan fingerprint density at radius 3 is 2.13 bits per heavy atom. The molecule has 4 fully saturated rings. The Bertz CT molecular complexity index is 1090. The number of hydrogen-bond donors (Lipinski definition) is 1. The minimum Gasteiger partial charge on any atom is -0.301 e. The number of rotatable bonds is 4. The predicted molar refractivity (Wildman–Crippen MR) is 127 cm³/mol. The number of hydrogen-bond acceptors (Lipinski definition) is 3. The van der Waals surface area contributed by atoms with Crippen molar-refractivity contribution in [3.05, 3.63) is 59.6 Å². The molecule has 1 N–H and O–H groups in total. The van der Waals surface area contributed by atoms with Gasteiger partial charge in [0.2, 0.25) is 5.91 Å². The maximum Gasteiger partial charge on any atom is 0.232 e. The lowest BCUT2D eigenvalue weighted by Gasteiger charge is -2.55. The fourth-order valence-electron chi connectivity index (χ4n) is 6.58. The summed E-state index contributed by atoms with van der Waals surface area (Å²) in [5, 5.41) is 4.66. The van der Waals surface area contributed by atoms with Gasteiger partial charge in [-0.25, -0.2) is 4.98 Å². The summed E-state index contributed by atoms with van der Waals surface area (Å²) in [4.78, 5) is 19.5. The van der Waals surface area contributed by atoms with Gasteiger partial charge >= 0.3 is 0 Å². The number of halogens is 1. The zero-order valence-corrected chi connectivity index (χ0v) is 18.9. The van der Waals surface area contributed by atoms with Crippen LogP contribution in [-0.2, 0) is 4.79 Å². The fourth-order valence-corrected chi connectivity index (χ4v) is 7.69. The van der Waals surface area contributed by atoms with E-state index in [-0.39, 0.29) is 11.3 Å². The molecule has 1 aromatic heterocycles. The first-order chi connectivity index (χ1) is 15.1. The van der Waals surface area contributed by atoms with E-state index in [0.29, 0.717) is 10.2 Å². The van der Waals surface area contributed by atoms with Crippen LogP contribution in [0.15, 0.2) is 54.6 Å². The van der Waals surface area contributed by atoms with Crippen molar-refractivity contribution in [2.45, 2.75) is 38.5 Å². The molecule has 3 aromatic rings. The van der Waals surface area contributed by atoms with Crippen LogP contribution in [0, 0.1) is 23.2 Å². The third kappa shape index (κ3) is 3.50. The van der Waals surface area contributed by atoms with Gasteiger partial charge in [-0.05, 0) is 74.0 Å². The van der Waals surface area contributed by atoms with E-state index in [9.17, 15) is 4.79 Å². The van der Waals surface area contributed by atoms with Gasteiger partial charge in [-0.1, -0.05) is 65.4 Å². The number of nitrogens with one attached hydrogen (secondary N) is 1. The average molecular weight is 449 g/mol. The number of thiazole rings is 1. The monoisotopic (exact) mass is 448 g/mol. The van der Waals surface area contributed by atoms with Crippen molar-refractivity contribution in [3.63, 3.8) is 0 Å². The summed E-state index contributed by atoms with van der Waals surface area (Å²) < 4.78 is 0. The van der Waals surface area contributed by atoms with E-state index >= 15 is 0 Å². The minimum atomic E-state index is -0.173. The second-order valence-electron chi connectivity index (χ2n) is 9.72. The average Bonchev–Trinajstić information content (AvgIpc) is 3.18. The number of aromatic nitrogens is 1. The quantitative estimate of drug-likeness (QED) is 0.455. The van der Waals surface area contributed by atoms with Crippen molar-refractivity contribution in [2.24, 2.45) is 23.2 Å². The van der Waals surface area contributed by atoms with Gasteiger partial charge in [0.15, 0.2) is 5.13 Å². The van der Waals surface area contributed by atoms with Crippen LogP contribution in [0.25, 0.3) is 21.7 Å². The summed E-state index contributed by atoms with van der Waals surface area (Å²) >= 11 is 7.67. The SMILES string of the molecule is O=C(Nc1nc(-c2ccccc2)c(-c2ccc(Cl)cc2)s1)C12CC3CC(CC(C3)C1)C2. The van der Waals surface area contributed by atoms with Crippen molar-refractivity contribution in [2.75, 3.05) is 5.32 Å². The number of carbonyl (C=O) groups excluding carboxylic acids is 1. The number of anilines is 1. The van der Waals surface area contributed by atoms with Crippen molar-refractivity contribution < 1.29 is 4.79 Å². The molecule has 4 saturated carbocycles. The van der Waals surface area contributed by atoms with Gasteiger partial charge in [0.1, 0.15) is 0 Å². The summed E-state index contributed by atoms with van der Waals surface area (Å²) in [6.07, 6.45) is 7.19. The second-order valence-corrected chi connectivity index (χ2v) is 11.2. The molecule has 4 bridgehead atoms. The topological polar surface area (TPSA) is 42.0 Å². The Morgan fingerprint density at radius 1 is 0.903 bits per heavy atom. The van der Waals surface area contributed by atoms with Gasteiger partial charge in [0.25, 0.3) is 0 Å². The summed E-state index contributed by atoms with van der Waals surface area (Å²) in [7, 11) is 0. The normalized spacial score (nSPS) is 28.6. The lowest BCUT2D eigenvalue weighted by atomic mass is 9.49. The van der Waals surface area contributed by atoms with E-state index in [1.54, 1.807) is 11.3 Å². The van der Waals surface area contributed by atoms with Crippen LogP contribution < -0.4 is 5.32 Å². The van der Waals surface area contributed by atoms with Gasteiger partial charge in [0.05, 0.1) is 16.0 Å². The molecule has 3 nitrogen and oxygen atoms in total. The van der Waals surface area contributed by atoms with Crippen LogP contribution in [0.3, 0.4) is 0 Å². The highest BCUT2D eigenvalue weighted by atomic mass is 35.5. The van der Waals surface area contributed by atoms with Crippen LogP contribution in [0.1, 0.15) is 38.5 Å². The van der Waals surface area contributed by atoms with E-state index in [2.05, 4.69) is 17.4 Å². The van der Waals surface area contributed by atoms with Gasteiger partial charge < -0.3 is 5.32 Å². The van der Waals surface area contributed by atoms with Crippen LogP contribution in [0.4, 0.5) is 5.13 Å². The Labute approximate surface area is 191 Å². The van der Waals surface area contributed by atoms with Gasteiger partial charge in [-0.15, -0.1) is 0 Å². The van der Waals surface area contributed by atoms with Crippen molar-refractivity contribution in [3.8, 4) is 21.7 Å². The first kappa shape index (κ1) is 19.5. The summed E-state index contributed by atoms with van der Waals surface area (Å²) in [5.74, 6) is 2.44. The zero-order valence-electron chi connectivity index (χ0n) is 17.3. The summed E-state index contributed by atoms with van der Waals surface area (Å²) in [6, 6.07) is 18.0. The third-order valence-corrected chi connectivity index (χ3v) is 8.79. The molecule has 1 amide bonds. The van der Waals surface area contributed by atoms with E-state index < -0.39 is 0 Å². The Kier molecular flexibility index (Phi) is 4.69. The molecule has 0 unspecified atom stereocenters. The Balaban J connectivity index is 1.34. The van der Waals surface area contributed by atoms with Gasteiger partial charge in [-0.3, -0.25) is 4.79 Å². The van der Waals surface area contributed by atoms with E-state index in [0.717, 1.165) is 58.7 Å². The fraction of sp³-hybridized carbons (Fsp3) is 0.385. The molecule has 158 valence electrons. The maximum absolute atomic E-state index is 13.5. The smallest absolute Gasteiger partial charge is 0.232 e. The minimum absolute atomic E-state index is 0.173. The molecule has 4 aliphatic carbocycles. The van der Waals surface area contributed by atoms with Crippen LogP contribution in [0.2, 0.25) is 5.02 Å². The molecule has 31 heavy (non-hydrogen) atoms. The largest absolute Gasteiger partial charge is 0.301 e. The van der Waals surface area contributed by atoms with Crippen LogP contribution in [0.5, 0.6) is 0 Å².